The lowest BCUT2D eigenvalue weighted by atomic mass is 9.87. The van der Waals surface area contributed by atoms with Crippen molar-refractivity contribution in [1.29, 1.82) is 0 Å². The van der Waals surface area contributed by atoms with E-state index < -0.39 is 5.92 Å². The summed E-state index contributed by atoms with van der Waals surface area (Å²) < 4.78 is 0. The van der Waals surface area contributed by atoms with Crippen molar-refractivity contribution in [1.82, 2.24) is 9.80 Å². The van der Waals surface area contributed by atoms with Gasteiger partial charge in [0.25, 0.3) is 0 Å². The zero-order valence-electron chi connectivity index (χ0n) is 15.8. The Morgan fingerprint density at radius 2 is 1.07 bits per heavy atom. The van der Waals surface area contributed by atoms with Crippen molar-refractivity contribution in [3.63, 3.8) is 0 Å². The number of carbonyl (C=O) groups is 3. The molecule has 0 N–H and O–H groups in total. The number of benzene rings is 1. The molecule has 5 heteroatoms. The van der Waals surface area contributed by atoms with Crippen LogP contribution in [-0.4, -0.2) is 39.7 Å². The Morgan fingerprint density at radius 1 is 0.630 bits per heavy atom. The summed E-state index contributed by atoms with van der Waals surface area (Å²) in [7, 11) is 0. The first-order valence-electron chi connectivity index (χ1n) is 10.4. The fourth-order valence-electron chi connectivity index (χ4n) is 4.97. The van der Waals surface area contributed by atoms with E-state index in [2.05, 4.69) is 0 Å². The van der Waals surface area contributed by atoms with Gasteiger partial charge in [0.15, 0.2) is 0 Å². The van der Waals surface area contributed by atoms with Gasteiger partial charge in [-0.3, -0.25) is 19.4 Å². The van der Waals surface area contributed by atoms with Crippen LogP contribution in [0.25, 0.3) is 0 Å². The highest BCUT2D eigenvalue weighted by Gasteiger charge is 2.50. The number of nitrogens with zero attached hydrogens (tertiary/aromatic N) is 2. The molecule has 2 aliphatic carbocycles. The molecule has 1 aromatic carbocycles. The van der Waals surface area contributed by atoms with Gasteiger partial charge in [0.05, 0.1) is 0 Å². The number of rotatable bonds is 3. The average Bonchev–Trinajstić information content (AvgIpc) is 2.70. The smallest absolute Gasteiger partial charge is 0.273 e. The Balaban J connectivity index is 1.71. The zero-order valence-corrected chi connectivity index (χ0v) is 15.8. The molecule has 144 valence electrons. The van der Waals surface area contributed by atoms with E-state index in [9.17, 15) is 14.4 Å². The SMILES string of the molecule is O=C1C(c2ccccc2)C(=O)N(C2CCCCC2)C(=O)N1C1CCCCC1. The van der Waals surface area contributed by atoms with Crippen LogP contribution in [0.3, 0.4) is 0 Å². The number of urea groups is 1. The molecule has 5 nitrogen and oxygen atoms in total. The summed E-state index contributed by atoms with van der Waals surface area (Å²) in [6.07, 6.45) is 9.86. The summed E-state index contributed by atoms with van der Waals surface area (Å²) >= 11 is 0. The fourth-order valence-corrected chi connectivity index (χ4v) is 4.97. The van der Waals surface area contributed by atoms with Gasteiger partial charge in [-0.15, -0.1) is 0 Å². The van der Waals surface area contributed by atoms with Crippen molar-refractivity contribution in [2.75, 3.05) is 0 Å². The van der Waals surface area contributed by atoms with Gasteiger partial charge in [-0.25, -0.2) is 4.79 Å². The van der Waals surface area contributed by atoms with E-state index in [0.29, 0.717) is 5.56 Å². The van der Waals surface area contributed by atoms with E-state index in [4.69, 9.17) is 0 Å². The molecule has 0 unspecified atom stereocenters. The van der Waals surface area contributed by atoms with Gasteiger partial charge in [0.2, 0.25) is 11.8 Å². The molecule has 1 aliphatic heterocycles. The predicted molar refractivity (Wildman–Crippen MR) is 102 cm³/mol. The van der Waals surface area contributed by atoms with Gasteiger partial charge in [0, 0.05) is 12.1 Å². The van der Waals surface area contributed by atoms with Crippen molar-refractivity contribution < 1.29 is 14.4 Å². The summed E-state index contributed by atoms with van der Waals surface area (Å²) in [5.41, 5.74) is 0.696. The van der Waals surface area contributed by atoms with Crippen molar-refractivity contribution in [2.45, 2.75) is 82.2 Å². The highest BCUT2D eigenvalue weighted by molar-refractivity contribution is 6.19. The second-order valence-electron chi connectivity index (χ2n) is 8.13. The van der Waals surface area contributed by atoms with E-state index in [1.165, 1.54) is 9.80 Å². The van der Waals surface area contributed by atoms with Gasteiger partial charge in [-0.05, 0) is 31.2 Å². The monoisotopic (exact) mass is 368 g/mol. The van der Waals surface area contributed by atoms with E-state index in [0.717, 1.165) is 64.2 Å². The molecule has 3 aliphatic rings. The van der Waals surface area contributed by atoms with E-state index >= 15 is 0 Å². The summed E-state index contributed by atoms with van der Waals surface area (Å²) in [5.74, 6) is -1.53. The standard InChI is InChI=1S/C22H28N2O3/c25-20-19(16-10-4-1-5-11-16)21(26)24(18-14-8-3-9-15-18)22(27)23(20)17-12-6-2-7-13-17/h1,4-5,10-11,17-19H,2-3,6-9,12-15H2. The van der Waals surface area contributed by atoms with E-state index in [1.807, 2.05) is 30.3 Å². The van der Waals surface area contributed by atoms with Crippen LogP contribution in [0.4, 0.5) is 4.79 Å². The average molecular weight is 368 g/mol. The molecule has 2 saturated carbocycles. The summed E-state index contributed by atoms with van der Waals surface area (Å²) in [6.45, 7) is 0. The summed E-state index contributed by atoms with van der Waals surface area (Å²) in [4.78, 5) is 42.9. The van der Waals surface area contributed by atoms with Crippen molar-refractivity contribution >= 4 is 17.8 Å². The summed E-state index contributed by atoms with van der Waals surface area (Å²) in [5, 5.41) is 0. The molecule has 27 heavy (non-hydrogen) atoms. The molecule has 1 saturated heterocycles. The highest BCUT2D eigenvalue weighted by atomic mass is 16.2. The Bertz CT molecular complexity index is 666. The molecule has 1 heterocycles. The molecule has 4 rings (SSSR count). The van der Waals surface area contributed by atoms with Crippen LogP contribution in [0, 0.1) is 0 Å². The molecule has 0 radical (unpaired) electrons. The van der Waals surface area contributed by atoms with E-state index in [-0.39, 0.29) is 29.9 Å². The Kier molecular flexibility index (Phi) is 5.28. The molecule has 0 bridgehead atoms. The van der Waals surface area contributed by atoms with Crippen molar-refractivity contribution in [3.8, 4) is 0 Å². The second kappa shape index (κ2) is 7.83. The van der Waals surface area contributed by atoms with Crippen molar-refractivity contribution in [3.05, 3.63) is 35.9 Å². The highest BCUT2D eigenvalue weighted by Crippen LogP contribution is 2.35. The Hall–Kier alpha value is -2.17. The maximum Gasteiger partial charge on any atom is 0.333 e. The quantitative estimate of drug-likeness (QED) is 0.750. The van der Waals surface area contributed by atoms with Crippen LogP contribution in [0.5, 0.6) is 0 Å². The first-order chi connectivity index (χ1) is 13.2. The van der Waals surface area contributed by atoms with Crippen LogP contribution in [0.2, 0.25) is 0 Å². The summed E-state index contributed by atoms with van der Waals surface area (Å²) in [6, 6.07) is 8.74. The first-order valence-corrected chi connectivity index (χ1v) is 10.4. The number of hydrogen-bond donors (Lipinski definition) is 0. The second-order valence-corrected chi connectivity index (χ2v) is 8.13. The largest absolute Gasteiger partial charge is 0.333 e. The minimum atomic E-state index is -0.882. The lowest BCUT2D eigenvalue weighted by Crippen LogP contribution is -2.64. The van der Waals surface area contributed by atoms with Gasteiger partial charge in [-0.2, -0.15) is 0 Å². The first kappa shape index (κ1) is 18.2. The van der Waals surface area contributed by atoms with Crippen LogP contribution < -0.4 is 0 Å². The number of hydrogen-bond acceptors (Lipinski definition) is 3. The topological polar surface area (TPSA) is 57.7 Å². The molecule has 0 aromatic heterocycles. The number of imide groups is 2. The third kappa shape index (κ3) is 3.40. The molecule has 0 atom stereocenters. The third-order valence-electron chi connectivity index (χ3n) is 6.39. The Morgan fingerprint density at radius 3 is 1.52 bits per heavy atom. The van der Waals surface area contributed by atoms with Gasteiger partial charge in [-0.1, -0.05) is 68.9 Å². The fraction of sp³-hybridized carbons (Fsp3) is 0.591. The maximum absolute atomic E-state index is 13.3. The minimum Gasteiger partial charge on any atom is -0.273 e. The minimum absolute atomic E-state index is 0.0656. The number of carbonyl (C=O) groups excluding carboxylic acids is 3. The Labute approximate surface area is 160 Å². The lowest BCUT2D eigenvalue weighted by molar-refractivity contribution is -0.148. The molecular formula is C22H28N2O3. The predicted octanol–water partition coefficient (Wildman–Crippen LogP) is 4.23. The van der Waals surface area contributed by atoms with Gasteiger partial charge >= 0.3 is 6.03 Å². The molecule has 1 aromatic rings. The lowest BCUT2D eigenvalue weighted by Gasteiger charge is -2.45. The third-order valence-corrected chi connectivity index (χ3v) is 6.39. The molecule has 0 spiro atoms. The van der Waals surface area contributed by atoms with Crippen LogP contribution in [0.1, 0.15) is 75.7 Å². The van der Waals surface area contributed by atoms with Crippen LogP contribution in [-0.2, 0) is 9.59 Å². The van der Waals surface area contributed by atoms with Gasteiger partial charge < -0.3 is 0 Å². The van der Waals surface area contributed by atoms with Gasteiger partial charge in [0.1, 0.15) is 5.92 Å². The number of amides is 4. The maximum atomic E-state index is 13.3. The molecule has 4 amide bonds. The van der Waals surface area contributed by atoms with Crippen LogP contribution >= 0.6 is 0 Å². The van der Waals surface area contributed by atoms with Crippen molar-refractivity contribution in [2.24, 2.45) is 0 Å². The number of barbiturate groups is 1. The zero-order chi connectivity index (χ0) is 18.8. The molecular weight excluding hydrogens is 340 g/mol. The van der Waals surface area contributed by atoms with Crippen LogP contribution in [0.15, 0.2) is 30.3 Å². The molecule has 3 fully saturated rings. The normalized spacial score (nSPS) is 23.9. The van der Waals surface area contributed by atoms with E-state index in [1.54, 1.807) is 0 Å².